The first-order chi connectivity index (χ1) is 5.88. The summed E-state index contributed by atoms with van der Waals surface area (Å²) in [6.07, 6.45) is 5.69. The van der Waals surface area contributed by atoms with Crippen LogP contribution in [0.15, 0.2) is 0 Å². The second-order valence-corrected chi connectivity index (χ2v) is 3.27. The largest absolute Gasteiger partial charge is 0.376 e. The molecule has 0 amide bonds. The van der Waals surface area contributed by atoms with Crippen molar-refractivity contribution in [3.63, 3.8) is 0 Å². The summed E-state index contributed by atoms with van der Waals surface area (Å²) in [7, 11) is 0. The summed E-state index contributed by atoms with van der Waals surface area (Å²) in [6.45, 7) is 5.73. The van der Waals surface area contributed by atoms with Crippen LogP contribution in [-0.4, -0.2) is 25.4 Å². The molecule has 2 atom stereocenters. The van der Waals surface area contributed by atoms with Crippen LogP contribution in [0.4, 0.5) is 0 Å². The molecule has 0 heterocycles. The first-order valence-electron chi connectivity index (χ1n) is 5.11. The van der Waals surface area contributed by atoms with E-state index in [9.17, 15) is 0 Å². The van der Waals surface area contributed by atoms with E-state index in [1.165, 1.54) is 25.7 Å². The van der Waals surface area contributed by atoms with E-state index in [4.69, 9.17) is 9.47 Å². The first kappa shape index (κ1) is 10.0. The highest BCUT2D eigenvalue weighted by atomic mass is 16.5. The van der Waals surface area contributed by atoms with Gasteiger partial charge in [0.15, 0.2) is 0 Å². The minimum Gasteiger partial charge on any atom is -0.376 e. The molecule has 0 aromatic carbocycles. The highest BCUT2D eigenvalue weighted by Crippen LogP contribution is 2.23. The zero-order valence-corrected chi connectivity index (χ0v) is 8.21. The maximum absolute atomic E-state index is 5.62. The van der Waals surface area contributed by atoms with Crippen LogP contribution < -0.4 is 0 Å². The summed E-state index contributed by atoms with van der Waals surface area (Å²) in [4.78, 5) is 0. The van der Waals surface area contributed by atoms with Gasteiger partial charge in [-0.05, 0) is 26.7 Å². The Morgan fingerprint density at radius 2 is 1.33 bits per heavy atom. The van der Waals surface area contributed by atoms with Crippen LogP contribution in [0.25, 0.3) is 0 Å². The molecule has 0 N–H and O–H groups in total. The summed E-state index contributed by atoms with van der Waals surface area (Å²) in [5, 5.41) is 0. The summed E-state index contributed by atoms with van der Waals surface area (Å²) in [5.74, 6) is 0. The Hall–Kier alpha value is -0.0800. The molecule has 0 unspecified atom stereocenters. The molecule has 1 fully saturated rings. The average molecular weight is 172 g/mol. The fraction of sp³-hybridized carbons (Fsp3) is 1.00. The van der Waals surface area contributed by atoms with Gasteiger partial charge in [-0.15, -0.1) is 0 Å². The van der Waals surface area contributed by atoms with Crippen molar-refractivity contribution in [2.24, 2.45) is 0 Å². The van der Waals surface area contributed by atoms with Gasteiger partial charge in [-0.1, -0.05) is 12.8 Å². The third kappa shape index (κ3) is 2.76. The molecule has 72 valence electrons. The van der Waals surface area contributed by atoms with Crippen LogP contribution in [0.1, 0.15) is 39.5 Å². The second-order valence-electron chi connectivity index (χ2n) is 3.27. The Bertz CT molecular complexity index is 96.4. The first-order valence-corrected chi connectivity index (χ1v) is 5.11. The highest BCUT2D eigenvalue weighted by Gasteiger charge is 2.25. The van der Waals surface area contributed by atoms with E-state index in [0.717, 1.165) is 13.2 Å². The van der Waals surface area contributed by atoms with E-state index in [2.05, 4.69) is 13.8 Å². The zero-order valence-electron chi connectivity index (χ0n) is 8.21. The minimum absolute atomic E-state index is 0.365. The Morgan fingerprint density at radius 1 is 0.917 bits per heavy atom. The van der Waals surface area contributed by atoms with Gasteiger partial charge in [0, 0.05) is 13.2 Å². The lowest BCUT2D eigenvalue weighted by Gasteiger charge is -2.30. The lowest BCUT2D eigenvalue weighted by Crippen LogP contribution is -2.34. The van der Waals surface area contributed by atoms with Crippen molar-refractivity contribution >= 4 is 0 Å². The summed E-state index contributed by atoms with van der Waals surface area (Å²) in [6, 6.07) is 0. The topological polar surface area (TPSA) is 18.5 Å². The fourth-order valence-electron chi connectivity index (χ4n) is 1.87. The SMILES string of the molecule is CCO[C@@H]1CCCC[C@H]1OCC. The van der Waals surface area contributed by atoms with Crippen LogP contribution >= 0.6 is 0 Å². The van der Waals surface area contributed by atoms with E-state index in [1.807, 2.05) is 0 Å². The molecule has 1 rings (SSSR count). The molecule has 0 aromatic rings. The van der Waals surface area contributed by atoms with Crippen molar-refractivity contribution in [2.75, 3.05) is 13.2 Å². The number of hydrogen-bond donors (Lipinski definition) is 0. The van der Waals surface area contributed by atoms with Crippen molar-refractivity contribution in [3.05, 3.63) is 0 Å². The molecule has 1 saturated carbocycles. The summed E-state index contributed by atoms with van der Waals surface area (Å²) >= 11 is 0. The lowest BCUT2D eigenvalue weighted by molar-refractivity contribution is -0.0860. The van der Waals surface area contributed by atoms with E-state index < -0.39 is 0 Å². The van der Waals surface area contributed by atoms with Crippen molar-refractivity contribution in [2.45, 2.75) is 51.7 Å². The minimum atomic E-state index is 0.365. The van der Waals surface area contributed by atoms with E-state index in [0.29, 0.717) is 12.2 Å². The fourth-order valence-corrected chi connectivity index (χ4v) is 1.87. The van der Waals surface area contributed by atoms with Crippen molar-refractivity contribution in [3.8, 4) is 0 Å². The summed E-state index contributed by atoms with van der Waals surface area (Å²) in [5.41, 5.74) is 0. The van der Waals surface area contributed by atoms with Crippen LogP contribution in [0.5, 0.6) is 0 Å². The Labute approximate surface area is 75.2 Å². The molecule has 0 spiro atoms. The lowest BCUT2D eigenvalue weighted by atomic mass is 9.94. The average Bonchev–Trinajstić information content (AvgIpc) is 2.09. The number of ether oxygens (including phenoxy) is 2. The second kappa shape index (κ2) is 5.55. The quantitative estimate of drug-likeness (QED) is 0.648. The summed E-state index contributed by atoms with van der Waals surface area (Å²) < 4.78 is 11.2. The third-order valence-corrected chi connectivity index (χ3v) is 2.40. The Kier molecular flexibility index (Phi) is 4.62. The molecule has 1 aliphatic carbocycles. The monoisotopic (exact) mass is 172 g/mol. The van der Waals surface area contributed by atoms with Crippen molar-refractivity contribution < 1.29 is 9.47 Å². The van der Waals surface area contributed by atoms with Gasteiger partial charge in [-0.3, -0.25) is 0 Å². The molecule has 12 heavy (non-hydrogen) atoms. The van der Waals surface area contributed by atoms with E-state index in [1.54, 1.807) is 0 Å². The number of rotatable bonds is 4. The van der Waals surface area contributed by atoms with Gasteiger partial charge in [0.25, 0.3) is 0 Å². The molecule has 0 radical (unpaired) electrons. The molecule has 2 heteroatoms. The predicted molar refractivity (Wildman–Crippen MR) is 49.3 cm³/mol. The molecule has 0 aromatic heterocycles. The van der Waals surface area contributed by atoms with Crippen LogP contribution in [0, 0.1) is 0 Å². The van der Waals surface area contributed by atoms with Gasteiger partial charge >= 0.3 is 0 Å². The number of hydrogen-bond acceptors (Lipinski definition) is 2. The smallest absolute Gasteiger partial charge is 0.0836 e. The maximum Gasteiger partial charge on any atom is 0.0836 e. The Morgan fingerprint density at radius 3 is 1.67 bits per heavy atom. The normalized spacial score (nSPS) is 30.5. The van der Waals surface area contributed by atoms with Gasteiger partial charge in [-0.25, -0.2) is 0 Å². The molecule has 0 aliphatic heterocycles. The van der Waals surface area contributed by atoms with Gasteiger partial charge in [0.05, 0.1) is 12.2 Å². The molecule has 1 aliphatic rings. The van der Waals surface area contributed by atoms with Gasteiger partial charge < -0.3 is 9.47 Å². The van der Waals surface area contributed by atoms with E-state index in [-0.39, 0.29) is 0 Å². The van der Waals surface area contributed by atoms with Gasteiger partial charge in [0.2, 0.25) is 0 Å². The molecule has 0 bridgehead atoms. The molecular weight excluding hydrogens is 152 g/mol. The maximum atomic E-state index is 5.62. The Balaban J connectivity index is 2.31. The molecule has 2 nitrogen and oxygen atoms in total. The van der Waals surface area contributed by atoms with E-state index >= 15 is 0 Å². The third-order valence-electron chi connectivity index (χ3n) is 2.40. The van der Waals surface area contributed by atoms with Gasteiger partial charge in [0.1, 0.15) is 0 Å². The van der Waals surface area contributed by atoms with Crippen molar-refractivity contribution in [1.82, 2.24) is 0 Å². The van der Waals surface area contributed by atoms with Crippen LogP contribution in [-0.2, 0) is 9.47 Å². The standard InChI is InChI=1S/C10H20O2/c1-3-11-9-7-5-6-8-10(9)12-4-2/h9-10H,3-8H2,1-2H3/t9-,10-/m1/s1. The van der Waals surface area contributed by atoms with Crippen molar-refractivity contribution in [1.29, 1.82) is 0 Å². The predicted octanol–water partition coefficient (Wildman–Crippen LogP) is 2.37. The van der Waals surface area contributed by atoms with Gasteiger partial charge in [-0.2, -0.15) is 0 Å². The van der Waals surface area contributed by atoms with Crippen LogP contribution in [0.3, 0.4) is 0 Å². The van der Waals surface area contributed by atoms with Crippen LogP contribution in [0.2, 0.25) is 0 Å². The zero-order chi connectivity index (χ0) is 8.81. The highest BCUT2D eigenvalue weighted by molar-refractivity contribution is 4.76. The molecular formula is C10H20O2. The molecule has 0 saturated heterocycles.